The van der Waals surface area contributed by atoms with E-state index < -0.39 is 0 Å². The fourth-order valence-corrected chi connectivity index (χ4v) is 3.14. The summed E-state index contributed by atoms with van der Waals surface area (Å²) in [6.07, 6.45) is 6.91. The SMILES string of the molecule is CNC(=O)c1ccc(C2CCCCN2c2ncccn2)n1C. The van der Waals surface area contributed by atoms with E-state index in [0.29, 0.717) is 5.69 Å². The van der Waals surface area contributed by atoms with E-state index >= 15 is 0 Å². The van der Waals surface area contributed by atoms with E-state index in [9.17, 15) is 4.79 Å². The highest BCUT2D eigenvalue weighted by Gasteiger charge is 2.28. The highest BCUT2D eigenvalue weighted by atomic mass is 16.1. The van der Waals surface area contributed by atoms with Gasteiger partial charge in [-0.2, -0.15) is 0 Å². The molecule has 116 valence electrons. The first-order valence-electron chi connectivity index (χ1n) is 7.63. The van der Waals surface area contributed by atoms with Gasteiger partial charge in [-0.05, 0) is 37.5 Å². The molecule has 1 aliphatic heterocycles. The van der Waals surface area contributed by atoms with Crippen LogP contribution in [-0.4, -0.2) is 34.0 Å². The first-order valence-corrected chi connectivity index (χ1v) is 7.63. The van der Waals surface area contributed by atoms with E-state index in [1.54, 1.807) is 19.4 Å². The molecule has 1 atom stereocenters. The van der Waals surface area contributed by atoms with Gasteiger partial charge >= 0.3 is 0 Å². The summed E-state index contributed by atoms with van der Waals surface area (Å²) in [6.45, 7) is 0.940. The average Bonchev–Trinajstić information content (AvgIpc) is 2.96. The Morgan fingerprint density at radius 3 is 2.77 bits per heavy atom. The Labute approximate surface area is 130 Å². The number of amides is 1. The number of aromatic nitrogens is 3. The van der Waals surface area contributed by atoms with Crippen molar-refractivity contribution < 1.29 is 4.79 Å². The summed E-state index contributed by atoms with van der Waals surface area (Å²) in [7, 11) is 3.60. The van der Waals surface area contributed by atoms with E-state index in [1.807, 2.05) is 29.8 Å². The molecule has 1 saturated heterocycles. The lowest BCUT2D eigenvalue weighted by molar-refractivity contribution is 0.0954. The Morgan fingerprint density at radius 2 is 2.05 bits per heavy atom. The van der Waals surface area contributed by atoms with E-state index in [2.05, 4.69) is 20.2 Å². The minimum Gasteiger partial charge on any atom is -0.354 e. The molecule has 0 saturated carbocycles. The van der Waals surface area contributed by atoms with Gasteiger partial charge in [0.25, 0.3) is 5.91 Å². The third-order valence-corrected chi connectivity index (χ3v) is 4.27. The van der Waals surface area contributed by atoms with Crippen LogP contribution in [0.3, 0.4) is 0 Å². The molecule has 0 aromatic carbocycles. The first kappa shape index (κ1) is 14.6. The van der Waals surface area contributed by atoms with Gasteiger partial charge in [0.2, 0.25) is 5.95 Å². The molecule has 0 aliphatic carbocycles. The summed E-state index contributed by atoms with van der Waals surface area (Å²) < 4.78 is 1.98. The molecule has 6 heteroatoms. The average molecular weight is 299 g/mol. The largest absolute Gasteiger partial charge is 0.354 e. The zero-order valence-electron chi connectivity index (χ0n) is 13.0. The normalized spacial score (nSPS) is 18.3. The molecule has 0 spiro atoms. The summed E-state index contributed by atoms with van der Waals surface area (Å²) in [4.78, 5) is 22.9. The predicted molar refractivity (Wildman–Crippen MR) is 84.8 cm³/mol. The second-order valence-electron chi connectivity index (χ2n) is 5.54. The van der Waals surface area contributed by atoms with Crippen LogP contribution in [0.4, 0.5) is 5.95 Å². The number of piperidine rings is 1. The molecule has 1 aliphatic rings. The Balaban J connectivity index is 1.95. The number of nitrogens with zero attached hydrogens (tertiary/aromatic N) is 4. The van der Waals surface area contributed by atoms with Gasteiger partial charge in [-0.15, -0.1) is 0 Å². The Hall–Kier alpha value is -2.37. The third kappa shape index (κ3) is 2.56. The molecule has 0 radical (unpaired) electrons. The molecule has 3 rings (SSSR count). The van der Waals surface area contributed by atoms with Crippen molar-refractivity contribution in [3.63, 3.8) is 0 Å². The van der Waals surface area contributed by atoms with Gasteiger partial charge in [-0.3, -0.25) is 4.79 Å². The minimum atomic E-state index is -0.0629. The summed E-state index contributed by atoms with van der Waals surface area (Å²) in [5, 5.41) is 2.68. The standard InChI is InChI=1S/C16H21N5O/c1-17-15(22)14-8-7-12(20(14)2)13-6-3-4-11-21(13)16-18-9-5-10-19-16/h5,7-10,13H,3-4,6,11H2,1-2H3,(H,17,22). The minimum absolute atomic E-state index is 0.0629. The zero-order valence-corrected chi connectivity index (χ0v) is 13.0. The Morgan fingerprint density at radius 1 is 1.27 bits per heavy atom. The number of carbonyl (C=O) groups excluding carboxylic acids is 1. The second-order valence-corrected chi connectivity index (χ2v) is 5.54. The maximum absolute atomic E-state index is 11.9. The van der Waals surface area contributed by atoms with Crippen LogP contribution in [0, 0.1) is 0 Å². The maximum atomic E-state index is 11.9. The van der Waals surface area contributed by atoms with Gasteiger partial charge in [0, 0.05) is 38.7 Å². The van der Waals surface area contributed by atoms with Crippen molar-refractivity contribution in [2.24, 2.45) is 7.05 Å². The van der Waals surface area contributed by atoms with Gasteiger partial charge in [-0.25, -0.2) is 9.97 Å². The molecule has 2 aromatic rings. The van der Waals surface area contributed by atoms with E-state index in [-0.39, 0.29) is 11.9 Å². The lowest BCUT2D eigenvalue weighted by Gasteiger charge is -2.36. The van der Waals surface area contributed by atoms with Crippen molar-refractivity contribution in [3.05, 3.63) is 42.0 Å². The zero-order chi connectivity index (χ0) is 15.5. The number of rotatable bonds is 3. The van der Waals surface area contributed by atoms with Gasteiger partial charge in [0.05, 0.1) is 6.04 Å². The van der Waals surface area contributed by atoms with Crippen molar-refractivity contribution in [1.29, 1.82) is 0 Å². The van der Waals surface area contributed by atoms with Crippen LogP contribution in [0.1, 0.15) is 41.5 Å². The Bertz CT molecular complexity index is 652. The Kier molecular flexibility index (Phi) is 4.09. The lowest BCUT2D eigenvalue weighted by Crippen LogP contribution is -2.36. The highest BCUT2D eigenvalue weighted by Crippen LogP contribution is 2.33. The molecular weight excluding hydrogens is 278 g/mol. The summed E-state index contributed by atoms with van der Waals surface area (Å²) in [5.74, 6) is 0.696. The smallest absolute Gasteiger partial charge is 0.267 e. The van der Waals surface area contributed by atoms with Gasteiger partial charge in [0.1, 0.15) is 5.69 Å². The molecule has 0 bridgehead atoms. The van der Waals surface area contributed by atoms with Crippen molar-refractivity contribution in [3.8, 4) is 0 Å². The van der Waals surface area contributed by atoms with Crippen molar-refractivity contribution in [1.82, 2.24) is 19.9 Å². The van der Waals surface area contributed by atoms with Crippen LogP contribution >= 0.6 is 0 Å². The fourth-order valence-electron chi connectivity index (χ4n) is 3.14. The van der Waals surface area contributed by atoms with Crippen molar-refractivity contribution in [2.45, 2.75) is 25.3 Å². The maximum Gasteiger partial charge on any atom is 0.267 e. The van der Waals surface area contributed by atoms with Crippen LogP contribution in [0.5, 0.6) is 0 Å². The number of anilines is 1. The molecule has 1 fully saturated rings. The van der Waals surface area contributed by atoms with Crippen LogP contribution in [0.2, 0.25) is 0 Å². The summed E-state index contributed by atoms with van der Waals surface area (Å²) >= 11 is 0. The van der Waals surface area contributed by atoms with E-state index in [4.69, 9.17) is 0 Å². The number of hydrogen-bond acceptors (Lipinski definition) is 4. The first-order chi connectivity index (χ1) is 10.7. The van der Waals surface area contributed by atoms with Crippen molar-refractivity contribution in [2.75, 3.05) is 18.5 Å². The monoisotopic (exact) mass is 299 g/mol. The summed E-state index contributed by atoms with van der Waals surface area (Å²) in [6, 6.07) is 5.96. The number of carbonyl (C=O) groups is 1. The van der Waals surface area contributed by atoms with Gasteiger partial charge in [-0.1, -0.05) is 0 Å². The second kappa shape index (κ2) is 6.17. The molecule has 1 amide bonds. The molecule has 3 heterocycles. The number of hydrogen-bond donors (Lipinski definition) is 1. The van der Waals surface area contributed by atoms with Gasteiger partial charge < -0.3 is 14.8 Å². The topological polar surface area (TPSA) is 63.1 Å². The van der Waals surface area contributed by atoms with Crippen molar-refractivity contribution >= 4 is 11.9 Å². The quantitative estimate of drug-likeness (QED) is 0.940. The van der Waals surface area contributed by atoms with Crippen LogP contribution < -0.4 is 10.2 Å². The fraction of sp³-hybridized carbons (Fsp3) is 0.438. The highest BCUT2D eigenvalue weighted by molar-refractivity contribution is 5.92. The molecule has 22 heavy (non-hydrogen) atoms. The van der Waals surface area contributed by atoms with Gasteiger partial charge in [0.15, 0.2) is 0 Å². The van der Waals surface area contributed by atoms with E-state index in [0.717, 1.165) is 31.0 Å². The summed E-state index contributed by atoms with van der Waals surface area (Å²) in [5.41, 5.74) is 1.81. The lowest BCUT2D eigenvalue weighted by atomic mass is 10.00. The molecule has 6 nitrogen and oxygen atoms in total. The third-order valence-electron chi connectivity index (χ3n) is 4.27. The molecule has 1 N–H and O–H groups in total. The van der Waals surface area contributed by atoms with Crippen LogP contribution in [0.15, 0.2) is 30.6 Å². The molecule has 1 unspecified atom stereocenters. The molecular formula is C16H21N5O. The van der Waals surface area contributed by atoms with E-state index in [1.165, 1.54) is 6.42 Å². The molecule has 2 aromatic heterocycles. The predicted octanol–water partition coefficient (Wildman–Crippen LogP) is 1.91. The van der Waals surface area contributed by atoms with Crippen LogP contribution in [0.25, 0.3) is 0 Å². The number of nitrogens with one attached hydrogen (secondary N) is 1. The van der Waals surface area contributed by atoms with Crippen LogP contribution in [-0.2, 0) is 7.05 Å².